The van der Waals surface area contributed by atoms with Crippen molar-refractivity contribution in [3.8, 4) is 0 Å². The van der Waals surface area contributed by atoms with E-state index in [2.05, 4.69) is 129 Å². The van der Waals surface area contributed by atoms with Crippen LogP contribution >= 0.6 is 0 Å². The molecule has 0 unspecified atom stereocenters. The first kappa shape index (κ1) is 43.4. The van der Waals surface area contributed by atoms with Crippen LogP contribution < -0.4 is 0 Å². The van der Waals surface area contributed by atoms with E-state index in [4.69, 9.17) is 0 Å². The molecular formula is C59H63F3N2O2. The molecule has 5 aromatic carbocycles. The molecular weight excluding hydrogens is 826 g/mol. The van der Waals surface area contributed by atoms with Gasteiger partial charge in [-0.05, 0) is 144 Å². The number of Topliss-reactive ketones (excluding diaryl/α,β-unsaturated/α-hetero) is 2. The third kappa shape index (κ3) is 5.64. The van der Waals surface area contributed by atoms with Crippen LogP contribution in [0.1, 0.15) is 170 Å². The quantitative estimate of drug-likeness (QED) is 0.167. The number of benzene rings is 5. The topological polar surface area (TPSA) is 43.0 Å². The maximum atomic E-state index is 15.5. The average molecular weight is 889 g/mol. The van der Waals surface area contributed by atoms with Gasteiger partial charge in [0.15, 0.2) is 11.6 Å². The first-order valence-electron chi connectivity index (χ1n) is 24.5. The Bertz CT molecular complexity index is 3360. The van der Waals surface area contributed by atoms with Crippen LogP contribution in [0.4, 0.5) is 13.2 Å². The van der Waals surface area contributed by atoms with Crippen LogP contribution in [-0.2, 0) is 37.3 Å². The number of halogens is 3. The Hall–Kier alpha value is -5.17. The van der Waals surface area contributed by atoms with Crippen LogP contribution in [0.25, 0.3) is 76.2 Å². The van der Waals surface area contributed by atoms with Gasteiger partial charge in [0.1, 0.15) is 0 Å². The van der Waals surface area contributed by atoms with E-state index in [1.807, 2.05) is 6.07 Å². The first-order valence-corrected chi connectivity index (χ1v) is 24.5. The van der Waals surface area contributed by atoms with Crippen molar-refractivity contribution in [3.05, 3.63) is 93.0 Å². The van der Waals surface area contributed by atoms with E-state index in [0.717, 1.165) is 112 Å². The highest BCUT2D eigenvalue weighted by Crippen LogP contribution is 2.55. The highest BCUT2D eigenvalue weighted by Gasteiger charge is 2.45. The molecule has 9 aromatic rings. The number of ketones is 2. The molecule has 0 spiro atoms. The molecule has 0 N–H and O–H groups in total. The number of aromatic nitrogens is 2. The van der Waals surface area contributed by atoms with Gasteiger partial charge in [-0.3, -0.25) is 9.59 Å². The van der Waals surface area contributed by atoms with Gasteiger partial charge in [-0.1, -0.05) is 90.0 Å². The third-order valence-corrected chi connectivity index (χ3v) is 16.6. The molecule has 66 heavy (non-hydrogen) atoms. The molecule has 4 aromatic heterocycles. The number of carbonyl (C=O) groups is 2. The fourth-order valence-corrected chi connectivity index (χ4v) is 13.0. The van der Waals surface area contributed by atoms with Crippen molar-refractivity contribution < 1.29 is 22.8 Å². The summed E-state index contributed by atoms with van der Waals surface area (Å²) in [6, 6.07) is 16.1. The van der Waals surface area contributed by atoms with Crippen LogP contribution in [0.2, 0.25) is 0 Å². The minimum absolute atomic E-state index is 0.141. The Morgan fingerprint density at radius 2 is 0.848 bits per heavy atom. The lowest BCUT2D eigenvalue weighted by Gasteiger charge is -2.25. The first-order chi connectivity index (χ1) is 30.8. The zero-order valence-corrected chi connectivity index (χ0v) is 41.1. The van der Waals surface area contributed by atoms with E-state index >= 15 is 13.2 Å². The molecule has 0 aliphatic heterocycles. The van der Waals surface area contributed by atoms with E-state index < -0.39 is 22.6 Å². The molecule has 4 heterocycles. The van der Waals surface area contributed by atoms with Crippen LogP contribution in [0.3, 0.4) is 0 Å². The van der Waals surface area contributed by atoms with E-state index in [0.29, 0.717) is 48.4 Å². The zero-order chi connectivity index (χ0) is 47.3. The van der Waals surface area contributed by atoms with Crippen molar-refractivity contribution >= 4 is 87.8 Å². The summed E-state index contributed by atoms with van der Waals surface area (Å²) in [4.78, 5) is 29.1. The number of alkyl halides is 3. The van der Waals surface area contributed by atoms with Gasteiger partial charge in [0, 0.05) is 65.0 Å². The Morgan fingerprint density at radius 3 is 1.20 bits per heavy atom. The molecule has 11 rings (SSSR count). The van der Waals surface area contributed by atoms with Crippen molar-refractivity contribution in [1.82, 2.24) is 8.80 Å². The molecule has 7 heteroatoms. The smallest absolute Gasteiger partial charge is 0.308 e. The van der Waals surface area contributed by atoms with Crippen LogP contribution in [0.15, 0.2) is 48.5 Å². The molecule has 0 radical (unpaired) electrons. The summed E-state index contributed by atoms with van der Waals surface area (Å²) in [5, 5.41) is 7.31. The maximum absolute atomic E-state index is 15.5. The lowest BCUT2D eigenvalue weighted by Crippen LogP contribution is -2.26. The van der Waals surface area contributed by atoms with Gasteiger partial charge < -0.3 is 8.80 Å². The minimum Gasteiger partial charge on any atom is -0.308 e. The van der Waals surface area contributed by atoms with Gasteiger partial charge in [0.25, 0.3) is 0 Å². The summed E-state index contributed by atoms with van der Waals surface area (Å²) in [6.07, 6.45) is 0.937. The standard InChI is InChI=1S/C59H63F3N2O2/c1-14-57(15-2)26-30-18-36-38-20-32(56(11,12)13)21-40-46-42(28-54(5,6)7)51-47(43(29-55(8,9)10)50(46)63(48(38)40)44(36)24-34(30)52(57)65)41-23-33(59(60,61)62)22-39-37-19-31-27-58(16-3,17-4)53(66)35(31)25-45(37)64(51)49(39)41/h18-25H,14-17,26-29H2,1-13H3. The second-order valence-corrected chi connectivity index (χ2v) is 24.2. The van der Waals surface area contributed by atoms with E-state index in [1.165, 1.54) is 17.7 Å². The summed E-state index contributed by atoms with van der Waals surface area (Å²) in [7, 11) is 0. The molecule has 342 valence electrons. The van der Waals surface area contributed by atoms with Gasteiger partial charge in [0.2, 0.25) is 0 Å². The number of carbonyl (C=O) groups excluding carboxylic acids is 2. The molecule has 0 bridgehead atoms. The van der Waals surface area contributed by atoms with Gasteiger partial charge in [-0.2, -0.15) is 13.2 Å². The second kappa shape index (κ2) is 13.3. The Kier molecular flexibility index (Phi) is 8.74. The van der Waals surface area contributed by atoms with Gasteiger partial charge in [-0.15, -0.1) is 0 Å². The number of rotatable bonds is 6. The lowest BCUT2D eigenvalue weighted by molar-refractivity contribution is -0.137. The monoisotopic (exact) mass is 888 g/mol. The highest BCUT2D eigenvalue weighted by atomic mass is 19.4. The molecule has 0 atom stereocenters. The molecule has 2 aliphatic carbocycles. The summed E-state index contributed by atoms with van der Waals surface area (Å²) in [5.74, 6) is 0.355. The molecule has 0 saturated carbocycles. The van der Waals surface area contributed by atoms with Gasteiger partial charge >= 0.3 is 6.18 Å². The van der Waals surface area contributed by atoms with Crippen LogP contribution in [0, 0.1) is 21.7 Å². The highest BCUT2D eigenvalue weighted by molar-refractivity contribution is 6.32. The Balaban J connectivity index is 1.44. The SMILES string of the molecule is CCC1(CC)Cc2cc3c4cc(C(C)(C)C)cc5c6c(CC(C)(C)C)c7c(c(CC(C)(C)C)c6n(c3cc2C1=O)c45)c1cc(C(F)(F)F)cc2c3cc4c(cc3n7c21)C(=O)C(CC)(CC)C4. The molecule has 0 fully saturated rings. The largest absolute Gasteiger partial charge is 0.416 e. The predicted molar refractivity (Wildman–Crippen MR) is 268 cm³/mol. The molecule has 2 aliphatic rings. The van der Waals surface area contributed by atoms with Crippen molar-refractivity contribution in [2.75, 3.05) is 0 Å². The number of nitrogens with zero attached hydrogens (tertiary/aromatic N) is 2. The Morgan fingerprint density at radius 1 is 0.485 bits per heavy atom. The summed E-state index contributed by atoms with van der Waals surface area (Å²) in [5.41, 5.74) is 10.2. The normalized spacial score (nSPS) is 17.0. The molecule has 0 saturated heterocycles. The van der Waals surface area contributed by atoms with E-state index in [9.17, 15) is 9.59 Å². The molecule has 0 amide bonds. The van der Waals surface area contributed by atoms with Gasteiger partial charge in [-0.25, -0.2) is 0 Å². The number of hydrogen-bond acceptors (Lipinski definition) is 2. The Labute approximate surface area is 385 Å². The fraction of sp³-hybridized carbons (Fsp3) is 0.458. The predicted octanol–water partition coefficient (Wildman–Crippen LogP) is 16.6. The van der Waals surface area contributed by atoms with E-state index in [-0.39, 0.29) is 27.8 Å². The number of fused-ring (bicyclic) bond motifs is 14. The van der Waals surface area contributed by atoms with Crippen molar-refractivity contribution in [2.24, 2.45) is 21.7 Å². The fourth-order valence-electron chi connectivity index (χ4n) is 13.0. The second-order valence-electron chi connectivity index (χ2n) is 24.2. The lowest BCUT2D eigenvalue weighted by atomic mass is 9.79. The summed E-state index contributed by atoms with van der Waals surface area (Å²) < 4.78 is 51.0. The zero-order valence-electron chi connectivity index (χ0n) is 41.1. The van der Waals surface area contributed by atoms with Gasteiger partial charge in [0.05, 0.1) is 38.7 Å². The minimum atomic E-state index is -4.59. The summed E-state index contributed by atoms with van der Waals surface area (Å²) >= 11 is 0. The van der Waals surface area contributed by atoms with Crippen LogP contribution in [0.5, 0.6) is 0 Å². The van der Waals surface area contributed by atoms with E-state index in [1.54, 1.807) is 0 Å². The number of hydrogen-bond donors (Lipinski definition) is 0. The van der Waals surface area contributed by atoms with Crippen molar-refractivity contribution in [3.63, 3.8) is 0 Å². The van der Waals surface area contributed by atoms with Crippen LogP contribution in [-0.4, -0.2) is 20.4 Å². The van der Waals surface area contributed by atoms with Crippen molar-refractivity contribution in [1.29, 1.82) is 0 Å². The maximum Gasteiger partial charge on any atom is 0.416 e. The summed E-state index contributed by atoms with van der Waals surface area (Å²) in [6.45, 7) is 28.6. The third-order valence-electron chi connectivity index (χ3n) is 16.6. The van der Waals surface area contributed by atoms with Crippen molar-refractivity contribution in [2.45, 2.75) is 153 Å². The average Bonchev–Trinajstić information content (AvgIpc) is 4.05. The molecule has 4 nitrogen and oxygen atoms in total.